The average Bonchev–Trinajstić information content (AvgIpc) is 2.29. The summed E-state index contributed by atoms with van der Waals surface area (Å²) in [5, 5.41) is 9.69. The fraction of sp³-hybridized carbons (Fsp3) is 0. The van der Waals surface area contributed by atoms with Gasteiger partial charge in [-0.25, -0.2) is 9.97 Å². The van der Waals surface area contributed by atoms with Crippen molar-refractivity contribution >= 4 is 38.0 Å². The van der Waals surface area contributed by atoms with Crippen LogP contribution in [-0.4, -0.2) is 15.1 Å². The fourth-order valence-electron chi connectivity index (χ4n) is 1.67. The number of benzene rings is 2. The summed E-state index contributed by atoms with van der Waals surface area (Å²) in [5.41, 5.74) is 2.80. The third kappa shape index (κ3) is 1.34. The second-order valence-electron chi connectivity index (χ2n) is 3.48. The van der Waals surface area contributed by atoms with Crippen LogP contribution < -0.4 is 0 Å². The van der Waals surface area contributed by atoms with Crippen LogP contribution in [0.5, 0.6) is 5.75 Å². The van der Waals surface area contributed by atoms with Crippen molar-refractivity contribution in [3.63, 3.8) is 0 Å². The quantitative estimate of drug-likeness (QED) is 0.640. The van der Waals surface area contributed by atoms with E-state index in [1.54, 1.807) is 12.1 Å². The molecule has 0 aliphatic rings. The lowest BCUT2D eigenvalue weighted by Crippen LogP contribution is -1.88. The molecular weight excluding hydrogens is 268 g/mol. The summed E-state index contributed by atoms with van der Waals surface area (Å²) in [6.45, 7) is 0. The number of phenolic OH excluding ortho intramolecular Hbond substituents is 1. The largest absolute Gasteiger partial charge is 0.506 e. The molecule has 3 aromatic rings. The Morgan fingerprint density at radius 1 is 0.875 bits per heavy atom. The number of halogens is 1. The second-order valence-corrected chi connectivity index (χ2v) is 4.33. The van der Waals surface area contributed by atoms with Gasteiger partial charge in [0.05, 0.1) is 11.0 Å². The standard InChI is InChI=1S/C12H7BrN2O/c13-7-3-1-4-8-11(7)14-9-5-2-6-10(16)12(9)15-8/h1-6,16H. The van der Waals surface area contributed by atoms with Crippen molar-refractivity contribution < 1.29 is 5.11 Å². The molecule has 16 heavy (non-hydrogen) atoms. The van der Waals surface area contributed by atoms with Gasteiger partial charge in [-0.3, -0.25) is 0 Å². The molecule has 3 nitrogen and oxygen atoms in total. The molecule has 4 heteroatoms. The Morgan fingerprint density at radius 2 is 1.50 bits per heavy atom. The van der Waals surface area contributed by atoms with Gasteiger partial charge in [-0.05, 0) is 40.2 Å². The van der Waals surface area contributed by atoms with Crippen LogP contribution >= 0.6 is 15.9 Å². The first-order valence-corrected chi connectivity index (χ1v) is 5.59. The number of aromatic nitrogens is 2. The number of hydrogen-bond acceptors (Lipinski definition) is 3. The van der Waals surface area contributed by atoms with Gasteiger partial charge >= 0.3 is 0 Å². The molecule has 0 unspecified atom stereocenters. The zero-order chi connectivity index (χ0) is 11.1. The maximum Gasteiger partial charge on any atom is 0.143 e. The minimum atomic E-state index is 0.159. The Morgan fingerprint density at radius 3 is 2.31 bits per heavy atom. The van der Waals surface area contributed by atoms with Gasteiger partial charge in [-0.2, -0.15) is 0 Å². The molecule has 0 saturated carbocycles. The molecule has 78 valence electrons. The zero-order valence-electron chi connectivity index (χ0n) is 8.18. The molecular formula is C12H7BrN2O. The van der Waals surface area contributed by atoms with Gasteiger partial charge in [0.15, 0.2) is 0 Å². The predicted octanol–water partition coefficient (Wildman–Crippen LogP) is 3.25. The van der Waals surface area contributed by atoms with Gasteiger partial charge in [0.25, 0.3) is 0 Å². The minimum Gasteiger partial charge on any atom is -0.506 e. The first kappa shape index (κ1) is 9.54. The molecule has 1 aromatic heterocycles. The Kier molecular flexibility index (Phi) is 2.04. The highest BCUT2D eigenvalue weighted by molar-refractivity contribution is 9.10. The van der Waals surface area contributed by atoms with Crippen molar-refractivity contribution in [2.24, 2.45) is 0 Å². The number of aromatic hydroxyl groups is 1. The van der Waals surface area contributed by atoms with E-state index in [4.69, 9.17) is 0 Å². The molecule has 0 bridgehead atoms. The Labute approximate surface area is 99.9 Å². The van der Waals surface area contributed by atoms with Crippen LogP contribution in [-0.2, 0) is 0 Å². The lowest BCUT2D eigenvalue weighted by Gasteiger charge is -2.03. The molecule has 0 atom stereocenters. The topological polar surface area (TPSA) is 46.0 Å². The number of para-hydroxylation sites is 2. The van der Waals surface area contributed by atoms with Gasteiger partial charge in [0.1, 0.15) is 16.8 Å². The first-order valence-electron chi connectivity index (χ1n) is 4.80. The van der Waals surface area contributed by atoms with Crippen molar-refractivity contribution in [3.8, 4) is 5.75 Å². The van der Waals surface area contributed by atoms with Crippen molar-refractivity contribution in [2.75, 3.05) is 0 Å². The van der Waals surface area contributed by atoms with E-state index in [1.165, 1.54) is 0 Å². The third-order valence-electron chi connectivity index (χ3n) is 2.42. The molecule has 0 aliphatic carbocycles. The Balaban J connectivity index is 2.54. The van der Waals surface area contributed by atoms with E-state index in [2.05, 4.69) is 25.9 Å². The van der Waals surface area contributed by atoms with E-state index in [1.807, 2.05) is 24.3 Å². The van der Waals surface area contributed by atoms with Crippen LogP contribution in [0.2, 0.25) is 0 Å². The number of rotatable bonds is 0. The number of nitrogens with zero attached hydrogens (tertiary/aromatic N) is 2. The molecule has 1 heterocycles. The number of fused-ring (bicyclic) bond motifs is 2. The fourth-order valence-corrected chi connectivity index (χ4v) is 2.11. The number of phenols is 1. The van der Waals surface area contributed by atoms with Gasteiger partial charge in [-0.1, -0.05) is 12.1 Å². The van der Waals surface area contributed by atoms with Crippen LogP contribution in [0.4, 0.5) is 0 Å². The predicted molar refractivity (Wildman–Crippen MR) is 66.4 cm³/mol. The summed E-state index contributed by atoms with van der Waals surface area (Å²) >= 11 is 3.44. The maximum atomic E-state index is 9.69. The smallest absolute Gasteiger partial charge is 0.143 e. The highest BCUT2D eigenvalue weighted by atomic mass is 79.9. The normalized spacial score (nSPS) is 11.1. The van der Waals surface area contributed by atoms with E-state index >= 15 is 0 Å². The van der Waals surface area contributed by atoms with Crippen molar-refractivity contribution in [3.05, 3.63) is 40.9 Å². The van der Waals surface area contributed by atoms with Gasteiger partial charge in [-0.15, -0.1) is 0 Å². The molecule has 0 spiro atoms. The lowest BCUT2D eigenvalue weighted by atomic mass is 10.2. The van der Waals surface area contributed by atoms with Crippen LogP contribution in [0.15, 0.2) is 40.9 Å². The summed E-state index contributed by atoms with van der Waals surface area (Å²) in [6.07, 6.45) is 0. The highest BCUT2D eigenvalue weighted by Crippen LogP contribution is 2.26. The van der Waals surface area contributed by atoms with Crippen molar-refractivity contribution in [1.82, 2.24) is 9.97 Å². The minimum absolute atomic E-state index is 0.159. The summed E-state index contributed by atoms with van der Waals surface area (Å²) in [5.74, 6) is 0.159. The van der Waals surface area contributed by atoms with Crippen LogP contribution in [0, 0.1) is 0 Å². The molecule has 0 radical (unpaired) electrons. The summed E-state index contributed by atoms with van der Waals surface area (Å²) < 4.78 is 0.905. The first-order chi connectivity index (χ1) is 7.75. The monoisotopic (exact) mass is 274 g/mol. The highest BCUT2D eigenvalue weighted by Gasteiger charge is 2.06. The maximum absolute atomic E-state index is 9.69. The third-order valence-corrected chi connectivity index (χ3v) is 3.06. The Bertz CT molecular complexity index is 635. The van der Waals surface area contributed by atoms with Crippen molar-refractivity contribution in [2.45, 2.75) is 0 Å². The van der Waals surface area contributed by atoms with E-state index < -0.39 is 0 Å². The van der Waals surface area contributed by atoms with E-state index in [0.717, 1.165) is 15.5 Å². The van der Waals surface area contributed by atoms with Gasteiger partial charge in [0.2, 0.25) is 0 Å². The van der Waals surface area contributed by atoms with Crippen LogP contribution in [0.3, 0.4) is 0 Å². The van der Waals surface area contributed by atoms with E-state index in [9.17, 15) is 5.11 Å². The van der Waals surface area contributed by atoms with E-state index in [-0.39, 0.29) is 5.75 Å². The van der Waals surface area contributed by atoms with Crippen LogP contribution in [0.1, 0.15) is 0 Å². The summed E-state index contributed by atoms with van der Waals surface area (Å²) in [6, 6.07) is 10.9. The summed E-state index contributed by atoms with van der Waals surface area (Å²) in [7, 11) is 0. The lowest BCUT2D eigenvalue weighted by molar-refractivity contribution is 0.480. The molecule has 3 rings (SSSR count). The molecule has 0 amide bonds. The molecule has 0 aliphatic heterocycles. The second kappa shape index (κ2) is 3.42. The molecule has 0 fully saturated rings. The molecule has 0 saturated heterocycles. The van der Waals surface area contributed by atoms with Crippen LogP contribution in [0.25, 0.3) is 22.1 Å². The van der Waals surface area contributed by atoms with Gasteiger partial charge < -0.3 is 5.11 Å². The Hall–Kier alpha value is -1.68. The number of hydrogen-bond donors (Lipinski definition) is 1. The van der Waals surface area contributed by atoms with Gasteiger partial charge in [0, 0.05) is 4.47 Å². The molecule has 2 aromatic carbocycles. The molecule has 1 N–H and O–H groups in total. The van der Waals surface area contributed by atoms with E-state index in [0.29, 0.717) is 11.0 Å². The average molecular weight is 275 g/mol. The zero-order valence-corrected chi connectivity index (χ0v) is 9.77. The summed E-state index contributed by atoms with van der Waals surface area (Å²) in [4.78, 5) is 8.86. The SMILES string of the molecule is Oc1cccc2nc3c(Br)cccc3nc12. The van der Waals surface area contributed by atoms with Crippen molar-refractivity contribution in [1.29, 1.82) is 0 Å².